The van der Waals surface area contributed by atoms with Crippen LogP contribution >= 0.6 is 48.0 Å². The first-order valence-electron chi connectivity index (χ1n) is 4.87. The van der Waals surface area contributed by atoms with Crippen LogP contribution < -0.4 is 10.6 Å². The molecule has 0 radical (unpaired) electrons. The smallest absolute Gasteiger partial charge is 0.135 e. The molecule has 1 aliphatic rings. The van der Waals surface area contributed by atoms with E-state index in [4.69, 9.17) is 29.5 Å². The van der Waals surface area contributed by atoms with Crippen LogP contribution in [0.15, 0.2) is 0 Å². The number of thiocarbonyl (C=S) groups is 2. The zero-order valence-corrected chi connectivity index (χ0v) is 12.0. The standard InChI is InChI=1S/C8H15N3OS4/c12-4-3-11-5-15-7(13)9-1-2-10-8(14)16-6-11/h12H,1-6H2,(H,9,13)(H,10,14). The van der Waals surface area contributed by atoms with E-state index in [2.05, 4.69) is 15.5 Å². The van der Waals surface area contributed by atoms with Crippen LogP contribution in [0.5, 0.6) is 0 Å². The molecule has 1 rings (SSSR count). The SMILES string of the molecule is OCCN1CSC(=S)NCCNC(=S)SC1. The average molecular weight is 297 g/mol. The zero-order valence-electron chi connectivity index (χ0n) is 8.77. The van der Waals surface area contributed by atoms with E-state index in [0.717, 1.165) is 33.5 Å². The molecule has 1 heterocycles. The molecule has 0 saturated carbocycles. The molecule has 0 atom stereocenters. The molecular weight excluding hydrogens is 282 g/mol. The largest absolute Gasteiger partial charge is 0.395 e. The third-order valence-electron chi connectivity index (χ3n) is 1.84. The predicted molar refractivity (Wildman–Crippen MR) is 79.9 cm³/mol. The Morgan fingerprint density at radius 3 is 2.06 bits per heavy atom. The van der Waals surface area contributed by atoms with E-state index in [1.165, 1.54) is 0 Å². The second kappa shape index (κ2) is 8.48. The van der Waals surface area contributed by atoms with E-state index in [9.17, 15) is 0 Å². The Labute approximate surface area is 115 Å². The van der Waals surface area contributed by atoms with Crippen molar-refractivity contribution in [3.8, 4) is 0 Å². The van der Waals surface area contributed by atoms with Gasteiger partial charge in [-0.25, -0.2) is 0 Å². The Kier molecular flexibility index (Phi) is 7.67. The van der Waals surface area contributed by atoms with Crippen molar-refractivity contribution in [2.45, 2.75) is 0 Å². The number of nitrogens with one attached hydrogen (secondary N) is 2. The van der Waals surface area contributed by atoms with Gasteiger partial charge in [-0.3, -0.25) is 4.90 Å². The maximum atomic E-state index is 8.94. The molecule has 0 unspecified atom stereocenters. The molecule has 0 amide bonds. The summed E-state index contributed by atoms with van der Waals surface area (Å²) in [6, 6.07) is 0. The second-order valence-electron chi connectivity index (χ2n) is 3.09. The van der Waals surface area contributed by atoms with Crippen LogP contribution in [0, 0.1) is 0 Å². The Bertz CT molecular complexity index is 229. The fraction of sp³-hybridized carbons (Fsp3) is 0.750. The summed E-state index contributed by atoms with van der Waals surface area (Å²) in [5.41, 5.74) is 0. The highest BCUT2D eigenvalue weighted by Gasteiger charge is 2.09. The van der Waals surface area contributed by atoms with E-state index in [1.54, 1.807) is 23.5 Å². The van der Waals surface area contributed by atoms with Crippen molar-refractivity contribution in [1.82, 2.24) is 15.5 Å². The molecule has 0 aromatic rings. The molecule has 4 nitrogen and oxygen atoms in total. The summed E-state index contributed by atoms with van der Waals surface area (Å²) >= 11 is 13.5. The number of hydrogen-bond donors (Lipinski definition) is 3. The number of thioether (sulfide) groups is 2. The quantitative estimate of drug-likeness (QED) is 0.634. The van der Waals surface area contributed by atoms with Gasteiger partial charge in [0.15, 0.2) is 0 Å². The third-order valence-corrected chi connectivity index (χ3v) is 4.63. The lowest BCUT2D eigenvalue weighted by Gasteiger charge is -2.19. The molecule has 1 saturated heterocycles. The van der Waals surface area contributed by atoms with Crippen LogP contribution in [0.4, 0.5) is 0 Å². The van der Waals surface area contributed by atoms with Gasteiger partial charge in [-0.2, -0.15) is 0 Å². The number of β-amino-alcohol motifs (C(OH)–C–C–N with tert-alkyl or cyclic N) is 1. The normalized spacial score (nSPS) is 20.8. The highest BCUT2D eigenvalue weighted by atomic mass is 32.2. The molecule has 0 aromatic heterocycles. The molecule has 3 N–H and O–H groups in total. The molecule has 0 aromatic carbocycles. The van der Waals surface area contributed by atoms with Crippen LogP contribution in [0.3, 0.4) is 0 Å². The van der Waals surface area contributed by atoms with Gasteiger partial charge in [0.2, 0.25) is 0 Å². The van der Waals surface area contributed by atoms with Gasteiger partial charge in [0, 0.05) is 19.6 Å². The van der Waals surface area contributed by atoms with Crippen LogP contribution in [0.2, 0.25) is 0 Å². The maximum absolute atomic E-state index is 8.94. The van der Waals surface area contributed by atoms with Crippen molar-refractivity contribution in [1.29, 1.82) is 0 Å². The van der Waals surface area contributed by atoms with Gasteiger partial charge >= 0.3 is 0 Å². The van der Waals surface area contributed by atoms with E-state index in [0.29, 0.717) is 6.54 Å². The van der Waals surface area contributed by atoms with Crippen molar-refractivity contribution in [3.05, 3.63) is 0 Å². The van der Waals surface area contributed by atoms with E-state index in [1.807, 2.05) is 0 Å². The molecule has 8 heteroatoms. The summed E-state index contributed by atoms with van der Waals surface area (Å²) in [7, 11) is 0. The van der Waals surface area contributed by atoms with Crippen molar-refractivity contribution >= 4 is 56.6 Å². The molecule has 0 aliphatic carbocycles. The third kappa shape index (κ3) is 6.21. The first-order chi connectivity index (χ1) is 7.72. The molecule has 16 heavy (non-hydrogen) atoms. The predicted octanol–water partition coefficient (Wildman–Crippen LogP) is 0.425. The Hall–Kier alpha value is 0.400. The summed E-state index contributed by atoms with van der Waals surface area (Å²) in [6.07, 6.45) is 0. The van der Waals surface area contributed by atoms with E-state index < -0.39 is 0 Å². The average Bonchev–Trinajstić information content (AvgIpc) is 2.30. The van der Waals surface area contributed by atoms with Crippen molar-refractivity contribution < 1.29 is 5.11 Å². The summed E-state index contributed by atoms with van der Waals surface area (Å²) in [6.45, 7) is 2.37. The zero-order chi connectivity index (χ0) is 11.8. The minimum Gasteiger partial charge on any atom is -0.395 e. The lowest BCUT2D eigenvalue weighted by atomic mass is 10.6. The fourth-order valence-corrected chi connectivity index (χ4v) is 3.12. The number of aliphatic hydroxyl groups is 1. The van der Waals surface area contributed by atoms with Crippen LogP contribution in [-0.2, 0) is 0 Å². The van der Waals surface area contributed by atoms with Gasteiger partial charge in [0.25, 0.3) is 0 Å². The minimum absolute atomic E-state index is 0.154. The van der Waals surface area contributed by atoms with Crippen LogP contribution in [0.25, 0.3) is 0 Å². The van der Waals surface area contributed by atoms with E-state index >= 15 is 0 Å². The maximum Gasteiger partial charge on any atom is 0.135 e. The Morgan fingerprint density at radius 1 is 1.12 bits per heavy atom. The van der Waals surface area contributed by atoms with Gasteiger partial charge < -0.3 is 15.7 Å². The van der Waals surface area contributed by atoms with E-state index in [-0.39, 0.29) is 6.61 Å². The summed E-state index contributed by atoms with van der Waals surface area (Å²) in [5.74, 6) is 1.56. The molecule has 1 aliphatic heterocycles. The lowest BCUT2D eigenvalue weighted by Crippen LogP contribution is -2.30. The highest BCUT2D eigenvalue weighted by Crippen LogP contribution is 2.11. The van der Waals surface area contributed by atoms with Crippen molar-refractivity contribution in [3.63, 3.8) is 0 Å². The van der Waals surface area contributed by atoms with Gasteiger partial charge in [0.05, 0.1) is 18.4 Å². The molecule has 0 spiro atoms. The first kappa shape index (κ1) is 14.5. The summed E-state index contributed by atoms with van der Waals surface area (Å²) in [4.78, 5) is 2.11. The highest BCUT2D eigenvalue weighted by molar-refractivity contribution is 8.23. The molecule has 0 bridgehead atoms. The minimum atomic E-state index is 0.154. The molecule has 1 fully saturated rings. The summed E-state index contributed by atoms with van der Waals surface area (Å²) in [5, 5.41) is 15.2. The number of aliphatic hydroxyl groups excluding tert-OH is 1. The Balaban J connectivity index is 2.46. The lowest BCUT2D eigenvalue weighted by molar-refractivity contribution is 0.234. The second-order valence-corrected chi connectivity index (χ2v) is 6.34. The van der Waals surface area contributed by atoms with Crippen molar-refractivity contribution in [2.75, 3.05) is 38.0 Å². The monoisotopic (exact) mass is 297 g/mol. The van der Waals surface area contributed by atoms with Gasteiger partial charge in [-0.1, -0.05) is 48.0 Å². The number of nitrogens with zero attached hydrogens (tertiary/aromatic N) is 1. The topological polar surface area (TPSA) is 47.5 Å². The molecule has 92 valence electrons. The summed E-state index contributed by atoms with van der Waals surface area (Å²) < 4.78 is 1.59. The number of rotatable bonds is 2. The number of hydrogen-bond acceptors (Lipinski definition) is 6. The van der Waals surface area contributed by atoms with Gasteiger partial charge in [-0.15, -0.1) is 0 Å². The van der Waals surface area contributed by atoms with Gasteiger partial charge in [-0.05, 0) is 0 Å². The van der Waals surface area contributed by atoms with Gasteiger partial charge in [0.1, 0.15) is 8.64 Å². The fourth-order valence-electron chi connectivity index (χ4n) is 1.04. The molecular formula is C8H15N3OS4. The van der Waals surface area contributed by atoms with Crippen molar-refractivity contribution in [2.24, 2.45) is 0 Å². The Morgan fingerprint density at radius 2 is 1.62 bits per heavy atom. The van der Waals surface area contributed by atoms with Crippen LogP contribution in [-0.4, -0.2) is 56.6 Å². The van der Waals surface area contributed by atoms with Crippen LogP contribution in [0.1, 0.15) is 0 Å². The first-order valence-corrected chi connectivity index (χ1v) is 7.65.